The molecule has 0 unspecified atom stereocenters. The molecule has 0 aromatic rings. The van der Waals surface area contributed by atoms with E-state index in [9.17, 15) is 0 Å². The molecule has 0 aromatic carbocycles. The minimum atomic E-state index is -0.107. The van der Waals surface area contributed by atoms with Crippen LogP contribution in [0, 0.1) is 5.92 Å². The molecule has 0 bridgehead atoms. The van der Waals surface area contributed by atoms with Gasteiger partial charge in [0.2, 0.25) is 0 Å². The van der Waals surface area contributed by atoms with E-state index < -0.39 is 0 Å². The maximum absolute atomic E-state index is 5.93. The van der Waals surface area contributed by atoms with Crippen molar-refractivity contribution >= 4 is 0 Å². The number of hydrogen-bond donors (Lipinski definition) is 0. The largest absolute Gasteiger partial charge is 0.375 e. The summed E-state index contributed by atoms with van der Waals surface area (Å²) in [6.45, 7) is 16.0. The van der Waals surface area contributed by atoms with Crippen molar-refractivity contribution in [3.8, 4) is 0 Å². The third-order valence-electron chi connectivity index (χ3n) is 2.98. The molecule has 1 aliphatic rings. The summed E-state index contributed by atoms with van der Waals surface area (Å²) in [4.78, 5) is 0. The molecule has 0 radical (unpaired) electrons. The predicted octanol–water partition coefficient (Wildman–Crippen LogP) is 3.41. The normalized spacial score (nSPS) is 29.8. The number of hydrogen-bond acceptors (Lipinski definition) is 3. The molecular formula is C15H30O3. The van der Waals surface area contributed by atoms with E-state index in [-0.39, 0.29) is 17.3 Å². The van der Waals surface area contributed by atoms with Gasteiger partial charge in [0.25, 0.3) is 0 Å². The van der Waals surface area contributed by atoms with Crippen molar-refractivity contribution in [2.75, 3.05) is 13.2 Å². The van der Waals surface area contributed by atoms with Gasteiger partial charge < -0.3 is 14.2 Å². The Morgan fingerprint density at radius 2 is 1.44 bits per heavy atom. The Hall–Kier alpha value is -0.120. The third kappa shape index (κ3) is 6.17. The molecule has 0 saturated carbocycles. The van der Waals surface area contributed by atoms with Crippen LogP contribution >= 0.6 is 0 Å². The molecule has 1 heterocycles. The first-order chi connectivity index (χ1) is 8.07. The molecule has 1 rings (SSSR count). The van der Waals surface area contributed by atoms with Gasteiger partial charge in [-0.2, -0.15) is 0 Å². The Bertz CT molecular complexity index is 223. The second-order valence-electron chi connectivity index (χ2n) is 7.33. The highest BCUT2D eigenvalue weighted by atomic mass is 16.6. The van der Waals surface area contributed by atoms with Gasteiger partial charge in [0.15, 0.2) is 0 Å². The Labute approximate surface area is 112 Å². The molecule has 0 spiro atoms. The summed E-state index contributed by atoms with van der Waals surface area (Å²) in [5.74, 6) is 0.446. The summed E-state index contributed by atoms with van der Waals surface area (Å²) in [6.07, 6.45) is 1.54. The van der Waals surface area contributed by atoms with E-state index in [1.54, 1.807) is 0 Å². The van der Waals surface area contributed by atoms with Crippen molar-refractivity contribution in [2.24, 2.45) is 5.92 Å². The lowest BCUT2D eigenvalue weighted by atomic mass is 10.0. The standard InChI is InChI=1S/C15H30O3/c1-11-8-12(9-16-14(2,3)4)13(18-11)10-17-15(5,6)7/h11-13H,8-10H2,1-7H3/t11-,12-,13+/m0/s1. The van der Waals surface area contributed by atoms with Gasteiger partial charge in [-0.3, -0.25) is 0 Å². The third-order valence-corrected chi connectivity index (χ3v) is 2.98. The smallest absolute Gasteiger partial charge is 0.0863 e. The van der Waals surface area contributed by atoms with Gasteiger partial charge in [-0.05, 0) is 54.9 Å². The fraction of sp³-hybridized carbons (Fsp3) is 1.00. The van der Waals surface area contributed by atoms with Crippen LogP contribution in [0.25, 0.3) is 0 Å². The molecule has 3 heteroatoms. The molecule has 108 valence electrons. The molecule has 18 heavy (non-hydrogen) atoms. The minimum Gasteiger partial charge on any atom is -0.375 e. The zero-order valence-corrected chi connectivity index (χ0v) is 13.1. The second kappa shape index (κ2) is 5.89. The van der Waals surface area contributed by atoms with Gasteiger partial charge in [-0.25, -0.2) is 0 Å². The highest BCUT2D eigenvalue weighted by molar-refractivity contribution is 4.82. The van der Waals surface area contributed by atoms with E-state index in [2.05, 4.69) is 48.5 Å². The van der Waals surface area contributed by atoms with E-state index in [0.29, 0.717) is 18.6 Å². The van der Waals surface area contributed by atoms with Gasteiger partial charge in [-0.15, -0.1) is 0 Å². The van der Waals surface area contributed by atoms with E-state index in [0.717, 1.165) is 13.0 Å². The molecule has 0 aliphatic carbocycles. The molecule has 1 fully saturated rings. The summed E-state index contributed by atoms with van der Waals surface area (Å²) in [5, 5.41) is 0. The summed E-state index contributed by atoms with van der Waals surface area (Å²) in [7, 11) is 0. The van der Waals surface area contributed by atoms with Crippen LogP contribution in [0.1, 0.15) is 54.9 Å². The van der Waals surface area contributed by atoms with Crippen molar-refractivity contribution in [3.05, 3.63) is 0 Å². The van der Waals surface area contributed by atoms with Crippen LogP contribution in [0.4, 0.5) is 0 Å². The van der Waals surface area contributed by atoms with Crippen LogP contribution in [0.15, 0.2) is 0 Å². The molecule has 1 saturated heterocycles. The highest BCUT2D eigenvalue weighted by Gasteiger charge is 2.34. The average molecular weight is 258 g/mol. The van der Waals surface area contributed by atoms with Gasteiger partial charge in [0.1, 0.15) is 0 Å². The molecule has 3 atom stereocenters. The molecule has 3 nitrogen and oxygen atoms in total. The first-order valence-electron chi connectivity index (χ1n) is 7.00. The molecular weight excluding hydrogens is 228 g/mol. The lowest BCUT2D eigenvalue weighted by molar-refractivity contribution is -0.0911. The van der Waals surface area contributed by atoms with E-state index in [4.69, 9.17) is 14.2 Å². The van der Waals surface area contributed by atoms with Gasteiger partial charge in [0, 0.05) is 5.92 Å². The topological polar surface area (TPSA) is 27.7 Å². The van der Waals surface area contributed by atoms with Crippen molar-refractivity contribution in [1.29, 1.82) is 0 Å². The van der Waals surface area contributed by atoms with Crippen LogP contribution in [-0.2, 0) is 14.2 Å². The summed E-state index contributed by atoms with van der Waals surface area (Å²) in [5.41, 5.74) is -0.189. The van der Waals surface area contributed by atoms with E-state index in [1.165, 1.54) is 0 Å². The molecule has 0 amide bonds. The van der Waals surface area contributed by atoms with Crippen LogP contribution in [0.3, 0.4) is 0 Å². The zero-order valence-electron chi connectivity index (χ0n) is 13.1. The van der Waals surface area contributed by atoms with Gasteiger partial charge >= 0.3 is 0 Å². The predicted molar refractivity (Wildman–Crippen MR) is 73.9 cm³/mol. The maximum Gasteiger partial charge on any atom is 0.0863 e. The van der Waals surface area contributed by atoms with Crippen LogP contribution in [0.5, 0.6) is 0 Å². The maximum atomic E-state index is 5.93. The Kier molecular flexibility index (Phi) is 5.22. The summed E-state index contributed by atoms with van der Waals surface area (Å²) < 4.78 is 17.7. The summed E-state index contributed by atoms with van der Waals surface area (Å²) >= 11 is 0. The number of rotatable bonds is 4. The Balaban J connectivity index is 2.44. The van der Waals surface area contributed by atoms with Gasteiger partial charge in [-0.1, -0.05) is 0 Å². The number of ether oxygens (including phenoxy) is 3. The van der Waals surface area contributed by atoms with Gasteiger partial charge in [0.05, 0.1) is 36.6 Å². The monoisotopic (exact) mass is 258 g/mol. The van der Waals surface area contributed by atoms with Crippen molar-refractivity contribution < 1.29 is 14.2 Å². The second-order valence-corrected chi connectivity index (χ2v) is 7.33. The SMILES string of the molecule is C[C@H]1C[C@@H](COC(C)(C)C)[C@@H](COC(C)(C)C)O1. The first kappa shape index (κ1) is 15.9. The fourth-order valence-corrected chi connectivity index (χ4v) is 2.08. The Morgan fingerprint density at radius 1 is 0.944 bits per heavy atom. The van der Waals surface area contributed by atoms with Crippen molar-refractivity contribution in [3.63, 3.8) is 0 Å². The zero-order chi connectivity index (χ0) is 14.0. The summed E-state index contributed by atoms with van der Waals surface area (Å²) in [6, 6.07) is 0. The molecule has 0 aromatic heterocycles. The van der Waals surface area contributed by atoms with Crippen molar-refractivity contribution in [2.45, 2.75) is 78.3 Å². The average Bonchev–Trinajstić information content (AvgIpc) is 2.51. The molecule has 0 N–H and O–H groups in total. The lowest BCUT2D eigenvalue weighted by Crippen LogP contribution is -2.33. The quantitative estimate of drug-likeness (QED) is 0.773. The fourth-order valence-electron chi connectivity index (χ4n) is 2.08. The highest BCUT2D eigenvalue weighted by Crippen LogP contribution is 2.29. The minimum absolute atomic E-state index is 0.0821. The van der Waals surface area contributed by atoms with E-state index in [1.807, 2.05) is 0 Å². The first-order valence-corrected chi connectivity index (χ1v) is 7.00. The Morgan fingerprint density at radius 3 is 1.94 bits per heavy atom. The van der Waals surface area contributed by atoms with Crippen LogP contribution in [-0.4, -0.2) is 36.6 Å². The lowest BCUT2D eigenvalue weighted by Gasteiger charge is -2.27. The van der Waals surface area contributed by atoms with Crippen molar-refractivity contribution in [1.82, 2.24) is 0 Å². The van der Waals surface area contributed by atoms with E-state index >= 15 is 0 Å². The van der Waals surface area contributed by atoms with Crippen LogP contribution in [0.2, 0.25) is 0 Å². The van der Waals surface area contributed by atoms with Crippen LogP contribution < -0.4 is 0 Å². The molecule has 1 aliphatic heterocycles.